The second-order valence-corrected chi connectivity index (χ2v) is 7.93. The Labute approximate surface area is 177 Å². The maximum Gasteiger partial charge on any atom is 0.270 e. The number of rotatable bonds is 8. The van der Waals surface area contributed by atoms with Crippen LogP contribution in [0.25, 0.3) is 10.6 Å². The fourth-order valence-corrected chi connectivity index (χ4v) is 3.47. The Bertz CT molecular complexity index is 1020. The van der Waals surface area contributed by atoms with E-state index in [1.165, 1.54) is 30.6 Å². The van der Waals surface area contributed by atoms with Crippen LogP contribution in [-0.2, 0) is 6.61 Å². The fraction of sp³-hybridized carbons (Fsp3) is 0.273. The second-order valence-electron chi connectivity index (χ2n) is 7.07. The van der Waals surface area contributed by atoms with Crippen molar-refractivity contribution >= 4 is 17.2 Å². The topological polar surface area (TPSA) is 60.5 Å². The number of amides is 1. The zero-order valence-electron chi connectivity index (χ0n) is 16.9. The van der Waals surface area contributed by atoms with Crippen molar-refractivity contribution in [2.24, 2.45) is 5.92 Å². The molecule has 0 radical (unpaired) electrons. The minimum Gasteiger partial charge on any atom is -0.493 e. The third-order valence-corrected chi connectivity index (χ3v) is 5.03. The molecule has 0 aliphatic heterocycles. The Hall–Kier alpha value is -3.00. The molecule has 158 valence electrons. The molecule has 0 saturated carbocycles. The van der Waals surface area contributed by atoms with Gasteiger partial charge in [0.25, 0.3) is 5.91 Å². The lowest BCUT2D eigenvalue weighted by Crippen LogP contribution is -2.27. The number of methoxy groups -OCH3 is 1. The summed E-state index contributed by atoms with van der Waals surface area (Å²) in [6.45, 7) is 4.61. The molecule has 0 atom stereocenters. The van der Waals surface area contributed by atoms with E-state index in [4.69, 9.17) is 9.47 Å². The van der Waals surface area contributed by atoms with Gasteiger partial charge in [-0.2, -0.15) is 0 Å². The minimum absolute atomic E-state index is 0.0121. The lowest BCUT2D eigenvalue weighted by molar-refractivity contribution is 0.0945. The first-order chi connectivity index (χ1) is 14.4. The predicted molar refractivity (Wildman–Crippen MR) is 112 cm³/mol. The summed E-state index contributed by atoms with van der Waals surface area (Å²) in [4.78, 5) is 16.6. The Morgan fingerprint density at radius 3 is 2.53 bits per heavy atom. The molecule has 1 heterocycles. The van der Waals surface area contributed by atoms with Crippen LogP contribution >= 0.6 is 11.3 Å². The first-order valence-corrected chi connectivity index (χ1v) is 10.2. The molecule has 3 rings (SSSR count). The maximum absolute atomic E-state index is 13.3. The van der Waals surface area contributed by atoms with Gasteiger partial charge in [0.05, 0.1) is 7.11 Å². The van der Waals surface area contributed by atoms with E-state index in [1.807, 2.05) is 13.8 Å². The number of ether oxygens (including phenoxy) is 2. The van der Waals surface area contributed by atoms with E-state index in [2.05, 4.69) is 10.3 Å². The third-order valence-electron chi connectivity index (χ3n) is 4.13. The summed E-state index contributed by atoms with van der Waals surface area (Å²) in [6, 6.07) is 8.47. The van der Waals surface area contributed by atoms with Gasteiger partial charge < -0.3 is 14.8 Å². The summed E-state index contributed by atoms with van der Waals surface area (Å²) in [5.41, 5.74) is 1.50. The van der Waals surface area contributed by atoms with Gasteiger partial charge in [0.2, 0.25) is 0 Å². The highest BCUT2D eigenvalue weighted by Crippen LogP contribution is 2.34. The number of benzene rings is 2. The molecule has 1 amide bonds. The van der Waals surface area contributed by atoms with Crippen molar-refractivity contribution in [1.29, 1.82) is 0 Å². The molecule has 2 aromatic carbocycles. The largest absolute Gasteiger partial charge is 0.493 e. The summed E-state index contributed by atoms with van der Waals surface area (Å²) in [5.74, 6) is -0.295. The average Bonchev–Trinajstić information content (AvgIpc) is 3.20. The van der Waals surface area contributed by atoms with Crippen molar-refractivity contribution in [2.75, 3.05) is 13.7 Å². The number of halogens is 2. The van der Waals surface area contributed by atoms with Gasteiger partial charge in [-0.25, -0.2) is 13.8 Å². The molecule has 0 bridgehead atoms. The van der Waals surface area contributed by atoms with Crippen LogP contribution in [0.1, 0.15) is 29.9 Å². The number of carbonyl (C=O) groups excluding carboxylic acids is 1. The SMILES string of the molecule is COc1cc(-c2nc(C(=O)NCC(C)C)cs2)ccc1OCc1cc(F)cc(F)c1. The molecular weight excluding hydrogens is 410 g/mol. The molecular formula is C22H22F2N2O3S. The molecule has 5 nitrogen and oxygen atoms in total. The molecule has 0 aliphatic carbocycles. The fourth-order valence-electron chi connectivity index (χ4n) is 2.67. The van der Waals surface area contributed by atoms with Crippen molar-refractivity contribution < 1.29 is 23.0 Å². The third kappa shape index (κ3) is 5.54. The Kier molecular flexibility index (Phi) is 6.99. The van der Waals surface area contributed by atoms with Crippen LogP contribution in [-0.4, -0.2) is 24.5 Å². The van der Waals surface area contributed by atoms with E-state index in [0.717, 1.165) is 11.6 Å². The highest BCUT2D eigenvalue weighted by Gasteiger charge is 2.14. The van der Waals surface area contributed by atoms with Gasteiger partial charge >= 0.3 is 0 Å². The Morgan fingerprint density at radius 2 is 1.87 bits per heavy atom. The first kappa shape index (κ1) is 21.7. The van der Waals surface area contributed by atoms with Crippen molar-refractivity contribution in [3.63, 3.8) is 0 Å². The average molecular weight is 432 g/mol. The lowest BCUT2D eigenvalue weighted by atomic mass is 10.2. The van der Waals surface area contributed by atoms with E-state index in [0.29, 0.717) is 40.2 Å². The van der Waals surface area contributed by atoms with Crippen molar-refractivity contribution in [3.05, 3.63) is 64.7 Å². The molecule has 0 fully saturated rings. The zero-order valence-corrected chi connectivity index (χ0v) is 17.7. The first-order valence-electron chi connectivity index (χ1n) is 9.35. The van der Waals surface area contributed by atoms with E-state index in [1.54, 1.807) is 23.6 Å². The summed E-state index contributed by atoms with van der Waals surface area (Å²) >= 11 is 1.35. The van der Waals surface area contributed by atoms with Gasteiger partial charge in [-0.05, 0) is 41.8 Å². The predicted octanol–water partition coefficient (Wildman–Crippen LogP) is 5.06. The summed E-state index contributed by atoms with van der Waals surface area (Å²) in [7, 11) is 1.50. The van der Waals surface area contributed by atoms with Gasteiger partial charge in [-0.15, -0.1) is 11.3 Å². The number of nitrogens with zero attached hydrogens (tertiary/aromatic N) is 1. The van der Waals surface area contributed by atoms with Crippen LogP contribution in [0.15, 0.2) is 41.8 Å². The zero-order chi connectivity index (χ0) is 21.7. The van der Waals surface area contributed by atoms with E-state index < -0.39 is 11.6 Å². The molecule has 3 aromatic rings. The van der Waals surface area contributed by atoms with E-state index in [-0.39, 0.29) is 12.5 Å². The highest BCUT2D eigenvalue weighted by molar-refractivity contribution is 7.13. The normalized spacial score (nSPS) is 10.9. The smallest absolute Gasteiger partial charge is 0.270 e. The summed E-state index contributed by atoms with van der Waals surface area (Å²) < 4.78 is 37.7. The van der Waals surface area contributed by atoms with Crippen LogP contribution in [0.4, 0.5) is 8.78 Å². The Balaban J connectivity index is 1.73. The van der Waals surface area contributed by atoms with Crippen LogP contribution < -0.4 is 14.8 Å². The summed E-state index contributed by atoms with van der Waals surface area (Å²) in [6.07, 6.45) is 0. The molecule has 0 aliphatic rings. The van der Waals surface area contributed by atoms with Crippen molar-refractivity contribution in [3.8, 4) is 22.1 Å². The van der Waals surface area contributed by atoms with Gasteiger partial charge in [0, 0.05) is 23.6 Å². The number of hydrogen-bond acceptors (Lipinski definition) is 5. The van der Waals surface area contributed by atoms with E-state index in [9.17, 15) is 13.6 Å². The van der Waals surface area contributed by atoms with E-state index >= 15 is 0 Å². The van der Waals surface area contributed by atoms with Gasteiger partial charge in [0.15, 0.2) is 11.5 Å². The molecule has 0 unspecified atom stereocenters. The molecule has 1 aromatic heterocycles. The number of aromatic nitrogens is 1. The number of hydrogen-bond donors (Lipinski definition) is 1. The lowest BCUT2D eigenvalue weighted by Gasteiger charge is -2.12. The number of carbonyl (C=O) groups is 1. The quantitative estimate of drug-likeness (QED) is 0.540. The maximum atomic E-state index is 13.3. The van der Waals surface area contributed by atoms with Gasteiger partial charge in [0.1, 0.15) is 28.9 Å². The molecule has 0 saturated heterocycles. The standard InChI is InChI=1S/C22H22F2N2O3S/c1-13(2)10-25-21(27)18-12-30-22(26-18)15-4-5-19(20(8-15)28-3)29-11-14-6-16(23)9-17(24)7-14/h4-9,12-13H,10-11H2,1-3H3,(H,25,27). The molecule has 30 heavy (non-hydrogen) atoms. The van der Waals surface area contributed by atoms with Crippen LogP contribution in [0.3, 0.4) is 0 Å². The minimum atomic E-state index is -0.659. The molecule has 1 N–H and O–H groups in total. The van der Waals surface area contributed by atoms with Crippen LogP contribution in [0, 0.1) is 17.6 Å². The monoisotopic (exact) mass is 432 g/mol. The number of thiazole rings is 1. The molecule has 0 spiro atoms. The van der Waals surface area contributed by atoms with Crippen LogP contribution in [0.2, 0.25) is 0 Å². The summed E-state index contributed by atoms with van der Waals surface area (Å²) in [5, 5.41) is 5.22. The Morgan fingerprint density at radius 1 is 1.13 bits per heavy atom. The van der Waals surface area contributed by atoms with Gasteiger partial charge in [-0.3, -0.25) is 4.79 Å². The van der Waals surface area contributed by atoms with Crippen LogP contribution in [0.5, 0.6) is 11.5 Å². The highest BCUT2D eigenvalue weighted by atomic mass is 32.1. The van der Waals surface area contributed by atoms with Crippen molar-refractivity contribution in [1.82, 2.24) is 10.3 Å². The number of nitrogens with one attached hydrogen (secondary N) is 1. The second kappa shape index (κ2) is 9.67. The van der Waals surface area contributed by atoms with Gasteiger partial charge in [-0.1, -0.05) is 13.8 Å². The van der Waals surface area contributed by atoms with Crippen molar-refractivity contribution in [2.45, 2.75) is 20.5 Å². The molecule has 8 heteroatoms.